The minimum atomic E-state index is 0.0607. The summed E-state index contributed by atoms with van der Waals surface area (Å²) in [5.41, 5.74) is 3.81. The molecule has 5 nitrogen and oxygen atoms in total. The van der Waals surface area contributed by atoms with E-state index in [0.717, 1.165) is 23.6 Å². The molecule has 5 heteroatoms. The third kappa shape index (κ3) is 2.33. The average molecular weight is 321 g/mol. The van der Waals surface area contributed by atoms with Crippen LogP contribution in [0.2, 0.25) is 0 Å². The van der Waals surface area contributed by atoms with Gasteiger partial charge < -0.3 is 9.73 Å². The lowest BCUT2D eigenvalue weighted by atomic mass is 9.85. The number of furan rings is 1. The highest BCUT2D eigenvalue weighted by atomic mass is 16.3. The molecule has 24 heavy (non-hydrogen) atoms. The molecule has 3 aromatic rings. The van der Waals surface area contributed by atoms with Crippen molar-refractivity contribution < 1.29 is 9.21 Å². The second-order valence-electron chi connectivity index (χ2n) is 6.21. The van der Waals surface area contributed by atoms with Crippen LogP contribution >= 0.6 is 0 Å². The molecule has 0 bridgehead atoms. The predicted octanol–water partition coefficient (Wildman–Crippen LogP) is 3.73. The fraction of sp³-hybridized carbons (Fsp3) is 0.263. The van der Waals surface area contributed by atoms with Crippen LogP contribution in [-0.2, 0) is 6.42 Å². The van der Waals surface area contributed by atoms with Crippen molar-refractivity contribution in [2.24, 2.45) is 0 Å². The van der Waals surface area contributed by atoms with Crippen LogP contribution in [-0.4, -0.2) is 22.6 Å². The second-order valence-corrected chi connectivity index (χ2v) is 6.21. The van der Waals surface area contributed by atoms with Gasteiger partial charge in [-0.05, 0) is 31.2 Å². The molecular formula is C19H19N3O2. The predicted molar refractivity (Wildman–Crippen MR) is 91.9 cm³/mol. The molecular weight excluding hydrogens is 302 g/mol. The molecule has 122 valence electrons. The Hall–Kier alpha value is -2.82. The van der Waals surface area contributed by atoms with Gasteiger partial charge in [-0.2, -0.15) is 0 Å². The highest BCUT2D eigenvalue weighted by Gasteiger charge is 2.34. The van der Waals surface area contributed by atoms with Crippen LogP contribution in [0.1, 0.15) is 39.7 Å². The lowest BCUT2D eigenvalue weighted by molar-refractivity contribution is 0.0960. The van der Waals surface area contributed by atoms with Crippen LogP contribution in [0.3, 0.4) is 0 Å². The molecule has 0 saturated heterocycles. The van der Waals surface area contributed by atoms with E-state index in [2.05, 4.69) is 29.5 Å². The zero-order valence-corrected chi connectivity index (χ0v) is 13.7. The molecule has 0 radical (unpaired) electrons. The number of hydrogen-bond donors (Lipinski definition) is 1. The summed E-state index contributed by atoms with van der Waals surface area (Å²) in [5, 5.41) is 7.69. The Balaban J connectivity index is 1.83. The molecule has 0 amide bonds. The zero-order chi connectivity index (χ0) is 16.7. The van der Waals surface area contributed by atoms with E-state index in [1.54, 1.807) is 13.3 Å². The summed E-state index contributed by atoms with van der Waals surface area (Å²) in [7, 11) is 1.80. The van der Waals surface area contributed by atoms with Crippen molar-refractivity contribution in [2.75, 3.05) is 12.4 Å². The number of benzene rings is 1. The average Bonchev–Trinajstić information content (AvgIpc) is 3.23. The molecule has 1 N–H and O–H groups in total. The number of Topliss-reactive ketones (excluding diaryl/α,β-unsaturated/α-hetero) is 1. The maximum atomic E-state index is 12.7. The number of rotatable bonds is 3. The van der Waals surface area contributed by atoms with Gasteiger partial charge in [0.05, 0.1) is 23.2 Å². The van der Waals surface area contributed by atoms with Crippen molar-refractivity contribution >= 4 is 11.6 Å². The summed E-state index contributed by atoms with van der Waals surface area (Å²) in [6, 6.07) is 12.0. The van der Waals surface area contributed by atoms with Gasteiger partial charge in [-0.15, -0.1) is 5.10 Å². The Morgan fingerprint density at radius 3 is 2.67 bits per heavy atom. The van der Waals surface area contributed by atoms with Gasteiger partial charge in [-0.25, -0.2) is 4.68 Å². The molecule has 1 aromatic carbocycles. The lowest BCUT2D eigenvalue weighted by Gasteiger charge is -2.21. The van der Waals surface area contributed by atoms with E-state index < -0.39 is 0 Å². The number of hydrogen-bond acceptors (Lipinski definition) is 4. The molecule has 0 spiro atoms. The van der Waals surface area contributed by atoms with Crippen molar-refractivity contribution in [2.45, 2.75) is 25.7 Å². The standard InChI is InChI=1S/C19H19N3O2/c1-12-5-7-14(8-6-12)22-15-10-13(17-4-3-9-24-17)11-16(23)18(15)19(20-2)21-22/h3-9,13H,10-11H2,1-2H3,(H,20,21). The number of anilines is 1. The normalized spacial score (nSPS) is 16.9. The van der Waals surface area contributed by atoms with Crippen LogP contribution in [0, 0.1) is 6.92 Å². The molecule has 2 aromatic heterocycles. The summed E-state index contributed by atoms with van der Waals surface area (Å²) in [4.78, 5) is 12.7. The van der Waals surface area contributed by atoms with E-state index in [0.29, 0.717) is 17.8 Å². The van der Waals surface area contributed by atoms with Gasteiger partial charge >= 0.3 is 0 Å². The van der Waals surface area contributed by atoms with E-state index in [1.807, 2.05) is 28.9 Å². The second kappa shape index (κ2) is 5.67. The highest BCUT2D eigenvalue weighted by molar-refractivity contribution is 6.03. The first-order valence-electron chi connectivity index (χ1n) is 8.10. The Labute approximate surface area is 140 Å². The van der Waals surface area contributed by atoms with Crippen molar-refractivity contribution in [3.63, 3.8) is 0 Å². The van der Waals surface area contributed by atoms with Crippen molar-refractivity contribution in [1.29, 1.82) is 0 Å². The van der Waals surface area contributed by atoms with Crippen LogP contribution in [0.15, 0.2) is 47.1 Å². The molecule has 0 fully saturated rings. The first kappa shape index (κ1) is 14.8. The Kier molecular flexibility index (Phi) is 3.49. The van der Waals surface area contributed by atoms with Crippen LogP contribution in [0.4, 0.5) is 5.82 Å². The lowest BCUT2D eigenvalue weighted by Crippen LogP contribution is -2.20. The quantitative estimate of drug-likeness (QED) is 0.798. The molecule has 1 aliphatic carbocycles. The number of fused-ring (bicyclic) bond motifs is 1. The van der Waals surface area contributed by atoms with Crippen molar-refractivity contribution in [3.8, 4) is 5.69 Å². The first-order chi connectivity index (χ1) is 11.7. The number of aromatic nitrogens is 2. The minimum Gasteiger partial charge on any atom is -0.469 e. The number of carbonyl (C=O) groups excluding carboxylic acids is 1. The SMILES string of the molecule is CNc1nn(-c2ccc(C)cc2)c2c1C(=O)CC(c1ccco1)C2. The summed E-state index contributed by atoms with van der Waals surface area (Å²) in [5.74, 6) is 1.68. The Morgan fingerprint density at radius 1 is 1.21 bits per heavy atom. The van der Waals surface area contributed by atoms with Crippen molar-refractivity contribution in [3.05, 3.63) is 65.2 Å². The van der Waals surface area contributed by atoms with Crippen LogP contribution in [0.5, 0.6) is 0 Å². The van der Waals surface area contributed by atoms with Gasteiger partial charge in [-0.1, -0.05) is 17.7 Å². The van der Waals surface area contributed by atoms with E-state index in [9.17, 15) is 4.79 Å². The third-order valence-corrected chi connectivity index (χ3v) is 4.59. The Bertz CT molecular complexity index is 876. The van der Waals surface area contributed by atoms with Gasteiger partial charge in [0.1, 0.15) is 5.76 Å². The first-order valence-corrected chi connectivity index (χ1v) is 8.10. The fourth-order valence-corrected chi connectivity index (χ4v) is 3.37. The number of aryl methyl sites for hydroxylation is 1. The van der Waals surface area contributed by atoms with Gasteiger partial charge in [0.25, 0.3) is 0 Å². The van der Waals surface area contributed by atoms with E-state index in [-0.39, 0.29) is 11.7 Å². The largest absolute Gasteiger partial charge is 0.469 e. The number of nitrogens with one attached hydrogen (secondary N) is 1. The molecule has 1 unspecified atom stereocenters. The van der Waals surface area contributed by atoms with Gasteiger partial charge in [0.15, 0.2) is 11.6 Å². The molecule has 0 saturated carbocycles. The molecule has 1 aliphatic rings. The highest BCUT2D eigenvalue weighted by Crippen LogP contribution is 2.37. The minimum absolute atomic E-state index is 0.0607. The number of nitrogens with zero attached hydrogens (tertiary/aromatic N) is 2. The fourth-order valence-electron chi connectivity index (χ4n) is 3.37. The smallest absolute Gasteiger partial charge is 0.169 e. The third-order valence-electron chi connectivity index (χ3n) is 4.59. The van der Waals surface area contributed by atoms with Crippen LogP contribution in [0.25, 0.3) is 5.69 Å². The number of ketones is 1. The van der Waals surface area contributed by atoms with Gasteiger partial charge in [-0.3, -0.25) is 4.79 Å². The maximum absolute atomic E-state index is 12.7. The summed E-state index contributed by atoms with van der Waals surface area (Å²) in [6.45, 7) is 2.05. The van der Waals surface area contributed by atoms with E-state index >= 15 is 0 Å². The van der Waals surface area contributed by atoms with E-state index in [1.165, 1.54) is 5.56 Å². The zero-order valence-electron chi connectivity index (χ0n) is 13.7. The topological polar surface area (TPSA) is 60.1 Å². The molecule has 4 rings (SSSR count). The summed E-state index contributed by atoms with van der Waals surface area (Å²) >= 11 is 0. The van der Waals surface area contributed by atoms with E-state index in [4.69, 9.17) is 4.42 Å². The molecule has 2 heterocycles. The van der Waals surface area contributed by atoms with Crippen molar-refractivity contribution in [1.82, 2.24) is 9.78 Å². The van der Waals surface area contributed by atoms with Crippen LogP contribution < -0.4 is 5.32 Å². The van der Waals surface area contributed by atoms with Gasteiger partial charge in [0, 0.05) is 25.8 Å². The summed E-state index contributed by atoms with van der Waals surface area (Å²) < 4.78 is 7.42. The summed E-state index contributed by atoms with van der Waals surface area (Å²) in [6.07, 6.45) is 2.84. The molecule has 0 aliphatic heterocycles. The van der Waals surface area contributed by atoms with Gasteiger partial charge in [0.2, 0.25) is 0 Å². The molecule has 1 atom stereocenters. The maximum Gasteiger partial charge on any atom is 0.169 e. The monoisotopic (exact) mass is 321 g/mol. The number of carbonyl (C=O) groups is 1. The Morgan fingerprint density at radius 2 is 2.00 bits per heavy atom.